The van der Waals surface area contributed by atoms with E-state index in [0.29, 0.717) is 32.1 Å². The molecule has 2 fully saturated rings. The molecule has 0 saturated carbocycles. The van der Waals surface area contributed by atoms with Crippen molar-refractivity contribution in [2.75, 3.05) is 46.4 Å². The van der Waals surface area contributed by atoms with Crippen LogP contribution in [-0.4, -0.2) is 69.5 Å². The van der Waals surface area contributed by atoms with E-state index in [0.717, 1.165) is 32.4 Å². The first-order valence-corrected chi connectivity index (χ1v) is 8.96. The zero-order chi connectivity index (χ0) is 14.6. The molecule has 2 atom stereocenters. The van der Waals surface area contributed by atoms with Crippen molar-refractivity contribution < 1.29 is 13.2 Å². The normalized spacial score (nSPS) is 29.9. The van der Waals surface area contributed by atoms with Crippen molar-refractivity contribution in [1.82, 2.24) is 13.9 Å². The maximum atomic E-state index is 12.6. The van der Waals surface area contributed by atoms with Crippen molar-refractivity contribution in [3.63, 3.8) is 0 Å². The fourth-order valence-corrected chi connectivity index (χ4v) is 4.79. The van der Waals surface area contributed by atoms with Gasteiger partial charge in [-0.1, -0.05) is 6.92 Å². The number of hydrogen-bond donors (Lipinski definition) is 1. The van der Waals surface area contributed by atoms with Crippen LogP contribution in [0, 0.1) is 5.92 Å². The molecule has 6 nitrogen and oxygen atoms in total. The number of methoxy groups -OCH3 is 1. The van der Waals surface area contributed by atoms with Crippen molar-refractivity contribution >= 4 is 10.2 Å². The molecule has 0 radical (unpaired) electrons. The molecular weight excluding hydrogens is 278 g/mol. The summed E-state index contributed by atoms with van der Waals surface area (Å²) in [6, 6.07) is 0. The second-order valence-corrected chi connectivity index (χ2v) is 7.61. The van der Waals surface area contributed by atoms with Gasteiger partial charge in [0.25, 0.3) is 10.2 Å². The van der Waals surface area contributed by atoms with Crippen molar-refractivity contribution in [2.45, 2.75) is 32.3 Å². The number of nitrogens with zero attached hydrogens (tertiary/aromatic N) is 2. The lowest BCUT2D eigenvalue weighted by molar-refractivity contribution is 0.114. The summed E-state index contributed by atoms with van der Waals surface area (Å²) in [6.45, 7) is 6.28. The van der Waals surface area contributed by atoms with E-state index in [1.165, 1.54) is 0 Å². The molecule has 20 heavy (non-hydrogen) atoms. The number of rotatable bonds is 6. The van der Waals surface area contributed by atoms with Gasteiger partial charge in [0.1, 0.15) is 0 Å². The summed E-state index contributed by atoms with van der Waals surface area (Å²) in [5, 5.41) is 3.32. The van der Waals surface area contributed by atoms with Gasteiger partial charge in [-0.15, -0.1) is 0 Å². The Morgan fingerprint density at radius 2 is 1.95 bits per heavy atom. The summed E-state index contributed by atoms with van der Waals surface area (Å²) in [5.74, 6) is 0.430. The van der Waals surface area contributed by atoms with Crippen LogP contribution in [0.5, 0.6) is 0 Å². The fourth-order valence-electron chi connectivity index (χ4n) is 3.01. The van der Waals surface area contributed by atoms with Crippen molar-refractivity contribution in [3.05, 3.63) is 0 Å². The van der Waals surface area contributed by atoms with Gasteiger partial charge in [-0.25, -0.2) is 0 Å². The predicted molar refractivity (Wildman–Crippen MR) is 78.7 cm³/mol. The van der Waals surface area contributed by atoms with Crippen molar-refractivity contribution in [1.29, 1.82) is 0 Å². The molecule has 0 amide bonds. The molecule has 2 heterocycles. The Morgan fingerprint density at radius 3 is 2.60 bits per heavy atom. The minimum atomic E-state index is -3.30. The third-order valence-electron chi connectivity index (χ3n) is 4.26. The minimum Gasteiger partial charge on any atom is -0.380 e. The van der Waals surface area contributed by atoms with Crippen LogP contribution in [0.2, 0.25) is 0 Å². The van der Waals surface area contributed by atoms with Crippen LogP contribution in [0.3, 0.4) is 0 Å². The minimum absolute atomic E-state index is 0.0483. The summed E-state index contributed by atoms with van der Waals surface area (Å²) in [4.78, 5) is 0. The number of hydrogen-bond acceptors (Lipinski definition) is 4. The summed E-state index contributed by atoms with van der Waals surface area (Å²) < 4.78 is 33.8. The van der Waals surface area contributed by atoms with Gasteiger partial charge in [0, 0.05) is 33.3 Å². The molecule has 2 saturated heterocycles. The highest BCUT2D eigenvalue weighted by Crippen LogP contribution is 2.24. The van der Waals surface area contributed by atoms with Crippen LogP contribution in [-0.2, 0) is 14.9 Å². The maximum Gasteiger partial charge on any atom is 0.282 e. The third kappa shape index (κ3) is 3.71. The molecular formula is C13H27N3O3S. The highest BCUT2D eigenvalue weighted by atomic mass is 32.2. The Labute approximate surface area is 122 Å². The van der Waals surface area contributed by atoms with E-state index in [1.807, 2.05) is 0 Å². The quantitative estimate of drug-likeness (QED) is 0.765. The Bertz CT molecular complexity index is 402. The number of ether oxygens (including phenoxy) is 1. The second-order valence-electron chi connectivity index (χ2n) is 5.69. The van der Waals surface area contributed by atoms with E-state index in [1.54, 1.807) is 15.7 Å². The van der Waals surface area contributed by atoms with E-state index >= 15 is 0 Å². The fraction of sp³-hybridized carbons (Fsp3) is 1.00. The van der Waals surface area contributed by atoms with Gasteiger partial charge >= 0.3 is 0 Å². The lowest BCUT2D eigenvalue weighted by Gasteiger charge is -2.34. The van der Waals surface area contributed by atoms with Crippen LogP contribution >= 0.6 is 0 Å². The highest BCUT2D eigenvalue weighted by Gasteiger charge is 2.37. The first kappa shape index (κ1) is 16.2. The maximum absolute atomic E-state index is 12.6. The molecule has 0 aromatic carbocycles. The van der Waals surface area contributed by atoms with Crippen LogP contribution in [0.4, 0.5) is 0 Å². The predicted octanol–water partition coefficient (Wildman–Crippen LogP) is 0.273. The lowest BCUT2D eigenvalue weighted by Crippen LogP contribution is -2.48. The molecule has 118 valence electrons. The number of piperidine rings is 1. The average molecular weight is 305 g/mol. The molecule has 1 N–H and O–H groups in total. The lowest BCUT2D eigenvalue weighted by atomic mass is 10.00. The van der Waals surface area contributed by atoms with E-state index in [4.69, 9.17) is 4.74 Å². The van der Waals surface area contributed by atoms with Crippen molar-refractivity contribution in [2.24, 2.45) is 5.92 Å². The molecule has 0 aliphatic carbocycles. The highest BCUT2D eigenvalue weighted by molar-refractivity contribution is 7.86. The smallest absolute Gasteiger partial charge is 0.282 e. The van der Waals surface area contributed by atoms with Crippen LogP contribution in [0.1, 0.15) is 26.2 Å². The summed E-state index contributed by atoms with van der Waals surface area (Å²) in [6.07, 6.45) is 2.91. The van der Waals surface area contributed by atoms with Gasteiger partial charge in [-0.3, -0.25) is 0 Å². The summed E-state index contributed by atoms with van der Waals surface area (Å²) >= 11 is 0. The molecule has 0 bridgehead atoms. The van der Waals surface area contributed by atoms with E-state index in [2.05, 4.69) is 12.2 Å². The summed E-state index contributed by atoms with van der Waals surface area (Å²) in [7, 11) is -1.66. The van der Waals surface area contributed by atoms with E-state index in [-0.39, 0.29) is 6.10 Å². The van der Waals surface area contributed by atoms with Gasteiger partial charge in [0.15, 0.2) is 0 Å². The zero-order valence-corrected chi connectivity index (χ0v) is 13.4. The van der Waals surface area contributed by atoms with Crippen LogP contribution < -0.4 is 5.32 Å². The Morgan fingerprint density at radius 1 is 1.20 bits per heavy atom. The van der Waals surface area contributed by atoms with Crippen LogP contribution in [0.25, 0.3) is 0 Å². The van der Waals surface area contributed by atoms with Crippen molar-refractivity contribution in [3.8, 4) is 0 Å². The third-order valence-corrected chi connectivity index (χ3v) is 6.23. The molecule has 0 spiro atoms. The molecule has 2 aliphatic rings. The Kier molecular flexibility index (Phi) is 5.80. The van der Waals surface area contributed by atoms with E-state index < -0.39 is 10.2 Å². The zero-order valence-electron chi connectivity index (χ0n) is 12.5. The first-order chi connectivity index (χ1) is 9.57. The van der Waals surface area contributed by atoms with Gasteiger partial charge in [0.2, 0.25) is 0 Å². The second kappa shape index (κ2) is 7.17. The topological polar surface area (TPSA) is 61.9 Å². The molecule has 7 heteroatoms. The van der Waals surface area contributed by atoms with Gasteiger partial charge < -0.3 is 10.1 Å². The van der Waals surface area contributed by atoms with Gasteiger partial charge in [0.05, 0.1) is 6.10 Å². The molecule has 0 aromatic heterocycles. The van der Waals surface area contributed by atoms with Gasteiger partial charge in [-0.2, -0.15) is 17.0 Å². The van der Waals surface area contributed by atoms with Gasteiger partial charge in [-0.05, 0) is 38.3 Å². The molecule has 2 rings (SSSR count). The SMILES string of the molecule is CCNCC1CCCN(S(=O)(=O)N2CCC(OC)C2)C1. The number of nitrogens with one attached hydrogen (secondary N) is 1. The largest absolute Gasteiger partial charge is 0.380 e. The Hall–Kier alpha value is -0.210. The Balaban J connectivity index is 1.95. The van der Waals surface area contributed by atoms with Crippen LogP contribution in [0.15, 0.2) is 0 Å². The molecule has 2 unspecified atom stereocenters. The summed E-state index contributed by atoms with van der Waals surface area (Å²) in [5.41, 5.74) is 0. The molecule has 2 aliphatic heterocycles. The average Bonchev–Trinajstić information content (AvgIpc) is 2.95. The monoisotopic (exact) mass is 305 g/mol. The first-order valence-electron chi connectivity index (χ1n) is 7.56. The standard InChI is InChI=1S/C13H27N3O3S/c1-3-14-9-12-5-4-7-15(10-12)20(17,18)16-8-6-13(11-16)19-2/h12-14H,3-11H2,1-2H3. The van der Waals surface area contributed by atoms with E-state index in [9.17, 15) is 8.42 Å². The molecule has 0 aromatic rings.